The number of nitriles is 1. The average Bonchev–Trinajstić information content (AvgIpc) is 2.90. The maximum Gasteiger partial charge on any atom is 0.236 e. The Kier molecular flexibility index (Phi) is 6.23. The van der Waals surface area contributed by atoms with E-state index >= 15 is 0 Å². The van der Waals surface area contributed by atoms with Crippen LogP contribution in [0.3, 0.4) is 0 Å². The summed E-state index contributed by atoms with van der Waals surface area (Å²) in [4.78, 5) is 15.6. The number of hydrogen-bond donors (Lipinski definition) is 1. The van der Waals surface area contributed by atoms with Crippen molar-refractivity contribution < 1.29 is 18.7 Å². The minimum atomic E-state index is -0.695. The lowest BCUT2D eigenvalue weighted by Gasteiger charge is -2.27. The maximum atomic E-state index is 14.0. The maximum absolute atomic E-state index is 14.0. The van der Waals surface area contributed by atoms with Gasteiger partial charge in [-0.25, -0.2) is 8.78 Å². The second-order valence-electron chi connectivity index (χ2n) is 5.88. The standard InChI is InChI=1S/C17H21F2N3O2/c1-2-21(7-3-6-20)17(24)11-22-10-13(23)9-16(22)14-8-12(18)4-5-15(14)19/h4-5,8,13,16,23H,2-3,7,9-11H2,1H3. The van der Waals surface area contributed by atoms with Gasteiger partial charge in [-0.3, -0.25) is 9.69 Å². The van der Waals surface area contributed by atoms with Crippen LogP contribution in [0, 0.1) is 23.0 Å². The molecule has 0 bridgehead atoms. The Bertz CT molecular complexity index is 633. The summed E-state index contributed by atoms with van der Waals surface area (Å²) in [5.41, 5.74) is 0.152. The zero-order valence-corrected chi connectivity index (χ0v) is 13.6. The SMILES string of the molecule is CCN(CCC#N)C(=O)CN1CC(O)CC1c1cc(F)ccc1F. The Morgan fingerprint density at radius 3 is 2.92 bits per heavy atom. The number of amides is 1. The van der Waals surface area contributed by atoms with Crippen molar-refractivity contribution in [2.75, 3.05) is 26.2 Å². The van der Waals surface area contributed by atoms with Gasteiger partial charge in [0.05, 0.1) is 25.1 Å². The number of carbonyl (C=O) groups excluding carboxylic acids is 1. The molecule has 0 spiro atoms. The van der Waals surface area contributed by atoms with Gasteiger partial charge in [-0.15, -0.1) is 0 Å². The molecule has 5 nitrogen and oxygen atoms in total. The molecule has 0 aromatic heterocycles. The molecule has 1 fully saturated rings. The van der Waals surface area contributed by atoms with Gasteiger partial charge in [0.15, 0.2) is 0 Å². The number of benzene rings is 1. The van der Waals surface area contributed by atoms with Gasteiger partial charge in [0.25, 0.3) is 0 Å². The topological polar surface area (TPSA) is 67.6 Å². The van der Waals surface area contributed by atoms with E-state index < -0.39 is 23.8 Å². The molecule has 2 unspecified atom stereocenters. The molecule has 1 aliphatic rings. The zero-order chi connectivity index (χ0) is 17.7. The quantitative estimate of drug-likeness (QED) is 0.860. The molecule has 2 atom stereocenters. The first-order valence-corrected chi connectivity index (χ1v) is 7.98. The van der Waals surface area contributed by atoms with Gasteiger partial charge in [-0.05, 0) is 31.5 Å². The predicted molar refractivity (Wildman–Crippen MR) is 83.8 cm³/mol. The molecule has 7 heteroatoms. The van der Waals surface area contributed by atoms with Crippen LogP contribution in [0.5, 0.6) is 0 Å². The molecule has 24 heavy (non-hydrogen) atoms. The highest BCUT2D eigenvalue weighted by atomic mass is 19.1. The molecule has 130 valence electrons. The smallest absolute Gasteiger partial charge is 0.236 e. The summed E-state index contributed by atoms with van der Waals surface area (Å²) >= 11 is 0. The highest BCUT2D eigenvalue weighted by Crippen LogP contribution is 2.33. The summed E-state index contributed by atoms with van der Waals surface area (Å²) < 4.78 is 27.5. The second kappa shape index (κ2) is 8.18. The summed E-state index contributed by atoms with van der Waals surface area (Å²) in [6, 6.07) is 4.66. The van der Waals surface area contributed by atoms with Gasteiger partial charge in [-0.2, -0.15) is 5.26 Å². The molecule has 1 saturated heterocycles. The molecule has 0 aliphatic carbocycles. The van der Waals surface area contributed by atoms with Crippen molar-refractivity contribution in [3.63, 3.8) is 0 Å². The summed E-state index contributed by atoms with van der Waals surface area (Å²) in [6.07, 6.45) is -0.207. The Morgan fingerprint density at radius 2 is 2.25 bits per heavy atom. The number of aliphatic hydroxyl groups is 1. The third-order valence-corrected chi connectivity index (χ3v) is 4.26. The van der Waals surface area contributed by atoms with Crippen LogP contribution in [0.25, 0.3) is 0 Å². The number of likely N-dealkylation sites (tertiary alicyclic amines) is 1. The number of nitrogens with zero attached hydrogens (tertiary/aromatic N) is 3. The van der Waals surface area contributed by atoms with Crippen molar-refractivity contribution in [3.8, 4) is 6.07 Å². The molecule has 1 aromatic rings. The van der Waals surface area contributed by atoms with Crippen molar-refractivity contribution in [2.45, 2.75) is 31.9 Å². The summed E-state index contributed by atoms with van der Waals surface area (Å²) in [5, 5.41) is 18.6. The fourth-order valence-corrected chi connectivity index (χ4v) is 3.07. The first-order chi connectivity index (χ1) is 11.5. The van der Waals surface area contributed by atoms with Gasteiger partial charge in [0.1, 0.15) is 11.6 Å². The highest BCUT2D eigenvalue weighted by molar-refractivity contribution is 5.78. The average molecular weight is 337 g/mol. The Morgan fingerprint density at radius 1 is 1.50 bits per heavy atom. The third-order valence-electron chi connectivity index (χ3n) is 4.26. The van der Waals surface area contributed by atoms with Crippen LogP contribution in [0.15, 0.2) is 18.2 Å². The number of aliphatic hydroxyl groups excluding tert-OH is 1. The van der Waals surface area contributed by atoms with Crippen molar-refractivity contribution in [1.82, 2.24) is 9.80 Å². The van der Waals surface area contributed by atoms with Crippen LogP contribution in [-0.2, 0) is 4.79 Å². The fraction of sp³-hybridized carbons (Fsp3) is 0.529. The molecule has 0 saturated carbocycles. The Balaban J connectivity index is 2.14. The highest BCUT2D eigenvalue weighted by Gasteiger charge is 2.35. The van der Waals surface area contributed by atoms with E-state index in [-0.39, 0.29) is 37.4 Å². The second-order valence-corrected chi connectivity index (χ2v) is 5.88. The van der Waals surface area contributed by atoms with Gasteiger partial charge in [0, 0.05) is 31.2 Å². The van der Waals surface area contributed by atoms with E-state index in [1.807, 2.05) is 13.0 Å². The first-order valence-electron chi connectivity index (χ1n) is 7.98. The van der Waals surface area contributed by atoms with Gasteiger partial charge in [-0.1, -0.05) is 0 Å². The summed E-state index contributed by atoms with van der Waals surface area (Å²) in [5.74, 6) is -1.29. The monoisotopic (exact) mass is 337 g/mol. The predicted octanol–water partition coefficient (Wildman–Crippen LogP) is 1.83. The number of β-amino-alcohol motifs (C(OH)–C–C–N with tert-alkyl or cyclic N) is 1. The summed E-state index contributed by atoms with van der Waals surface area (Å²) in [6.45, 7) is 2.84. The molecule has 2 rings (SSSR count). The molecular weight excluding hydrogens is 316 g/mol. The van der Waals surface area contributed by atoms with E-state index in [0.29, 0.717) is 13.1 Å². The van der Waals surface area contributed by atoms with Crippen LogP contribution in [-0.4, -0.2) is 53.1 Å². The largest absolute Gasteiger partial charge is 0.392 e. The van der Waals surface area contributed by atoms with Crippen molar-refractivity contribution in [3.05, 3.63) is 35.4 Å². The van der Waals surface area contributed by atoms with Crippen molar-refractivity contribution in [2.24, 2.45) is 0 Å². The van der Waals surface area contributed by atoms with Gasteiger partial charge < -0.3 is 10.0 Å². The molecule has 1 heterocycles. The summed E-state index contributed by atoms with van der Waals surface area (Å²) in [7, 11) is 0. The third kappa shape index (κ3) is 4.28. The van der Waals surface area contributed by atoms with Crippen LogP contribution >= 0.6 is 0 Å². The lowest BCUT2D eigenvalue weighted by molar-refractivity contribution is -0.132. The lowest BCUT2D eigenvalue weighted by Crippen LogP contribution is -2.41. The minimum Gasteiger partial charge on any atom is -0.392 e. The molecule has 1 N–H and O–H groups in total. The Labute approximate surface area is 140 Å². The van der Waals surface area contributed by atoms with E-state index in [4.69, 9.17) is 5.26 Å². The van der Waals surface area contributed by atoms with Crippen LogP contribution in [0.1, 0.15) is 31.4 Å². The van der Waals surface area contributed by atoms with Crippen LogP contribution < -0.4 is 0 Å². The van der Waals surface area contributed by atoms with E-state index in [0.717, 1.165) is 18.2 Å². The Hall–Kier alpha value is -2.04. The van der Waals surface area contributed by atoms with Crippen molar-refractivity contribution >= 4 is 5.91 Å². The molecule has 0 radical (unpaired) electrons. The van der Waals surface area contributed by atoms with Crippen LogP contribution in [0.4, 0.5) is 8.78 Å². The number of halogens is 2. The van der Waals surface area contributed by atoms with E-state index in [2.05, 4.69) is 0 Å². The fourth-order valence-electron chi connectivity index (χ4n) is 3.07. The van der Waals surface area contributed by atoms with E-state index in [9.17, 15) is 18.7 Å². The first kappa shape index (κ1) is 18.3. The van der Waals surface area contributed by atoms with Crippen molar-refractivity contribution in [1.29, 1.82) is 5.26 Å². The zero-order valence-electron chi connectivity index (χ0n) is 13.6. The number of carbonyl (C=O) groups is 1. The molecule has 1 amide bonds. The minimum absolute atomic E-state index is 0.00303. The lowest BCUT2D eigenvalue weighted by atomic mass is 10.0. The van der Waals surface area contributed by atoms with E-state index in [1.165, 1.54) is 0 Å². The normalized spacial score (nSPS) is 20.8. The van der Waals surface area contributed by atoms with Crippen LogP contribution in [0.2, 0.25) is 0 Å². The molecular formula is C17H21F2N3O2. The number of hydrogen-bond acceptors (Lipinski definition) is 4. The molecule has 1 aliphatic heterocycles. The molecule has 1 aromatic carbocycles. The van der Waals surface area contributed by atoms with Gasteiger partial charge in [0.2, 0.25) is 5.91 Å². The number of likely N-dealkylation sites (N-methyl/N-ethyl adjacent to an activating group) is 1. The van der Waals surface area contributed by atoms with Gasteiger partial charge >= 0.3 is 0 Å². The van der Waals surface area contributed by atoms with E-state index in [1.54, 1.807) is 9.80 Å². The number of rotatable bonds is 6.